The van der Waals surface area contributed by atoms with Crippen LogP contribution in [0.25, 0.3) is 0 Å². The molecule has 0 spiro atoms. The standard InChI is InChI=1S/C11H27N3O/c1-5-14(8-6-7-13(3)4)10-11(15)9-12-2/h11-12,15H,5-10H2,1-4H3. The predicted molar refractivity (Wildman–Crippen MR) is 65.2 cm³/mol. The Labute approximate surface area is 94.3 Å². The molecule has 0 aliphatic carbocycles. The SMILES string of the molecule is CCN(CCCN(C)C)CC(O)CNC. The lowest BCUT2D eigenvalue weighted by molar-refractivity contribution is 0.114. The summed E-state index contributed by atoms with van der Waals surface area (Å²) in [5.41, 5.74) is 0. The van der Waals surface area contributed by atoms with Gasteiger partial charge in [0.1, 0.15) is 0 Å². The van der Waals surface area contributed by atoms with Crippen molar-refractivity contribution in [3.05, 3.63) is 0 Å². The van der Waals surface area contributed by atoms with E-state index in [4.69, 9.17) is 0 Å². The van der Waals surface area contributed by atoms with Crippen molar-refractivity contribution in [1.29, 1.82) is 0 Å². The van der Waals surface area contributed by atoms with E-state index in [1.165, 1.54) is 0 Å². The van der Waals surface area contributed by atoms with Gasteiger partial charge in [-0.3, -0.25) is 0 Å². The summed E-state index contributed by atoms with van der Waals surface area (Å²) >= 11 is 0. The zero-order valence-corrected chi connectivity index (χ0v) is 10.7. The summed E-state index contributed by atoms with van der Waals surface area (Å²) in [7, 11) is 6.05. The van der Waals surface area contributed by atoms with E-state index >= 15 is 0 Å². The number of aliphatic hydroxyl groups excluding tert-OH is 1. The van der Waals surface area contributed by atoms with E-state index in [1.807, 2.05) is 7.05 Å². The van der Waals surface area contributed by atoms with Crippen molar-refractivity contribution in [2.45, 2.75) is 19.4 Å². The molecule has 2 N–H and O–H groups in total. The highest BCUT2D eigenvalue weighted by Gasteiger charge is 2.08. The zero-order chi connectivity index (χ0) is 11.7. The zero-order valence-electron chi connectivity index (χ0n) is 10.7. The van der Waals surface area contributed by atoms with Crippen LogP contribution in [0, 0.1) is 0 Å². The van der Waals surface area contributed by atoms with E-state index in [0.29, 0.717) is 6.54 Å². The van der Waals surface area contributed by atoms with Crippen molar-refractivity contribution in [1.82, 2.24) is 15.1 Å². The molecule has 1 atom stereocenters. The second-order valence-corrected chi connectivity index (χ2v) is 4.26. The van der Waals surface area contributed by atoms with Gasteiger partial charge in [-0.05, 0) is 47.2 Å². The molecule has 0 heterocycles. The molecule has 1 unspecified atom stereocenters. The smallest absolute Gasteiger partial charge is 0.0791 e. The second-order valence-electron chi connectivity index (χ2n) is 4.26. The summed E-state index contributed by atoms with van der Waals surface area (Å²) in [6.07, 6.45) is 0.905. The summed E-state index contributed by atoms with van der Waals surface area (Å²) in [4.78, 5) is 4.49. The molecule has 0 rings (SSSR count). The highest BCUT2D eigenvalue weighted by Crippen LogP contribution is 1.95. The third-order valence-corrected chi connectivity index (χ3v) is 2.44. The van der Waals surface area contributed by atoms with Crippen molar-refractivity contribution >= 4 is 0 Å². The number of aliphatic hydroxyl groups is 1. The monoisotopic (exact) mass is 217 g/mol. The molecule has 0 amide bonds. The highest BCUT2D eigenvalue weighted by atomic mass is 16.3. The number of nitrogens with one attached hydrogen (secondary N) is 1. The van der Waals surface area contributed by atoms with Crippen molar-refractivity contribution < 1.29 is 5.11 Å². The van der Waals surface area contributed by atoms with Gasteiger partial charge in [0.05, 0.1) is 6.10 Å². The molecule has 0 bridgehead atoms. The minimum absolute atomic E-state index is 0.255. The Morgan fingerprint density at radius 2 is 1.93 bits per heavy atom. The Morgan fingerprint density at radius 3 is 2.40 bits per heavy atom. The van der Waals surface area contributed by atoms with Crippen LogP contribution in [-0.2, 0) is 0 Å². The molecule has 0 aromatic heterocycles. The Morgan fingerprint density at radius 1 is 1.27 bits per heavy atom. The maximum atomic E-state index is 9.64. The molecule has 0 radical (unpaired) electrons. The summed E-state index contributed by atoms with van der Waals surface area (Å²) in [6.45, 7) is 6.76. The van der Waals surface area contributed by atoms with Crippen LogP contribution in [0.15, 0.2) is 0 Å². The molecular formula is C11H27N3O. The van der Waals surface area contributed by atoms with Crippen LogP contribution in [0.4, 0.5) is 0 Å². The molecule has 4 heteroatoms. The van der Waals surface area contributed by atoms with Gasteiger partial charge in [0, 0.05) is 13.1 Å². The van der Waals surface area contributed by atoms with Gasteiger partial charge in [0.15, 0.2) is 0 Å². The van der Waals surface area contributed by atoms with Crippen molar-refractivity contribution in [3.63, 3.8) is 0 Å². The van der Waals surface area contributed by atoms with Crippen LogP contribution in [0.5, 0.6) is 0 Å². The topological polar surface area (TPSA) is 38.7 Å². The average Bonchev–Trinajstić information content (AvgIpc) is 2.16. The van der Waals surface area contributed by atoms with Gasteiger partial charge in [-0.25, -0.2) is 0 Å². The fraction of sp³-hybridized carbons (Fsp3) is 1.00. The quantitative estimate of drug-likeness (QED) is 0.563. The summed E-state index contributed by atoms with van der Waals surface area (Å²) < 4.78 is 0. The maximum absolute atomic E-state index is 9.64. The van der Waals surface area contributed by atoms with Crippen LogP contribution in [0.3, 0.4) is 0 Å². The maximum Gasteiger partial charge on any atom is 0.0791 e. The van der Waals surface area contributed by atoms with Crippen molar-refractivity contribution in [3.8, 4) is 0 Å². The molecule has 0 saturated carbocycles. The Balaban J connectivity index is 3.62. The first-order valence-corrected chi connectivity index (χ1v) is 5.79. The lowest BCUT2D eigenvalue weighted by atomic mass is 10.3. The molecule has 4 nitrogen and oxygen atoms in total. The molecular weight excluding hydrogens is 190 g/mol. The van der Waals surface area contributed by atoms with Gasteiger partial charge in [-0.2, -0.15) is 0 Å². The van der Waals surface area contributed by atoms with Crippen molar-refractivity contribution in [2.24, 2.45) is 0 Å². The number of rotatable bonds is 9. The first-order chi connectivity index (χ1) is 7.10. The first kappa shape index (κ1) is 14.8. The van der Waals surface area contributed by atoms with Gasteiger partial charge >= 0.3 is 0 Å². The molecule has 0 aliphatic rings. The minimum Gasteiger partial charge on any atom is -0.390 e. The van der Waals surface area contributed by atoms with E-state index < -0.39 is 0 Å². The van der Waals surface area contributed by atoms with E-state index in [2.05, 4.69) is 36.1 Å². The Kier molecular flexibility index (Phi) is 9.00. The first-order valence-electron chi connectivity index (χ1n) is 5.79. The Bertz CT molecular complexity index is 142. The number of hydrogen-bond acceptors (Lipinski definition) is 4. The predicted octanol–water partition coefficient (Wildman–Crippen LogP) is -0.160. The molecule has 0 saturated heterocycles. The third-order valence-electron chi connectivity index (χ3n) is 2.44. The van der Waals surface area contributed by atoms with Gasteiger partial charge < -0.3 is 20.2 Å². The van der Waals surface area contributed by atoms with E-state index in [9.17, 15) is 5.11 Å². The van der Waals surface area contributed by atoms with E-state index in [0.717, 1.165) is 32.6 Å². The number of likely N-dealkylation sites (N-methyl/N-ethyl adjacent to an activating group) is 2. The van der Waals surface area contributed by atoms with Crippen molar-refractivity contribution in [2.75, 3.05) is 53.9 Å². The number of hydrogen-bond donors (Lipinski definition) is 2. The third kappa shape index (κ3) is 8.81. The second kappa shape index (κ2) is 9.09. The number of nitrogens with zero attached hydrogens (tertiary/aromatic N) is 2. The Hall–Kier alpha value is -0.160. The fourth-order valence-electron chi connectivity index (χ4n) is 1.59. The molecule has 92 valence electrons. The van der Waals surface area contributed by atoms with Crippen LogP contribution in [0.1, 0.15) is 13.3 Å². The summed E-state index contributed by atoms with van der Waals surface area (Å²) in [5.74, 6) is 0. The van der Waals surface area contributed by atoms with Gasteiger partial charge in [0.25, 0.3) is 0 Å². The summed E-state index contributed by atoms with van der Waals surface area (Å²) in [6, 6.07) is 0. The lowest BCUT2D eigenvalue weighted by Crippen LogP contribution is -2.38. The molecule has 0 fully saturated rings. The van der Waals surface area contributed by atoms with Crippen LogP contribution >= 0.6 is 0 Å². The average molecular weight is 217 g/mol. The molecule has 0 aromatic carbocycles. The van der Waals surface area contributed by atoms with Crippen LogP contribution in [0.2, 0.25) is 0 Å². The van der Waals surface area contributed by atoms with E-state index in [1.54, 1.807) is 0 Å². The normalized spacial score (nSPS) is 13.8. The molecule has 15 heavy (non-hydrogen) atoms. The van der Waals surface area contributed by atoms with Gasteiger partial charge in [-0.1, -0.05) is 6.92 Å². The molecule has 0 aromatic rings. The minimum atomic E-state index is -0.255. The fourth-order valence-corrected chi connectivity index (χ4v) is 1.59. The van der Waals surface area contributed by atoms with Gasteiger partial charge in [0.2, 0.25) is 0 Å². The van der Waals surface area contributed by atoms with Crippen LogP contribution < -0.4 is 5.32 Å². The van der Waals surface area contributed by atoms with Crippen LogP contribution in [-0.4, -0.2) is 74.9 Å². The summed E-state index contributed by atoms with van der Waals surface area (Å²) in [5, 5.41) is 12.6. The largest absolute Gasteiger partial charge is 0.390 e. The highest BCUT2D eigenvalue weighted by molar-refractivity contribution is 4.65. The van der Waals surface area contributed by atoms with E-state index in [-0.39, 0.29) is 6.10 Å². The van der Waals surface area contributed by atoms with Gasteiger partial charge in [-0.15, -0.1) is 0 Å². The lowest BCUT2D eigenvalue weighted by Gasteiger charge is -2.24. The molecule has 0 aliphatic heterocycles.